The highest BCUT2D eigenvalue weighted by atomic mass is 16.2. The number of carbonyl (C=O) groups excluding carboxylic acids is 2. The fraction of sp³-hybridized carbons (Fsp3) is 0.364. The Morgan fingerprint density at radius 3 is 2.81 bits per heavy atom. The van der Waals surface area contributed by atoms with Crippen molar-refractivity contribution in [3.8, 4) is 0 Å². The standard InChI is InChI=1S/C11H15N3O2/c1-7(8(2)15)14-11(16)9-3-4-13-10(5-9)6-12/h3-5,7H,6,12H2,1-2H3,(H,14,16). The van der Waals surface area contributed by atoms with Crippen molar-refractivity contribution in [3.63, 3.8) is 0 Å². The van der Waals surface area contributed by atoms with E-state index in [-0.39, 0.29) is 18.2 Å². The number of rotatable bonds is 4. The summed E-state index contributed by atoms with van der Waals surface area (Å²) in [7, 11) is 0. The van der Waals surface area contributed by atoms with E-state index >= 15 is 0 Å². The van der Waals surface area contributed by atoms with Gasteiger partial charge in [0.05, 0.1) is 11.7 Å². The average molecular weight is 221 g/mol. The van der Waals surface area contributed by atoms with Gasteiger partial charge in [0.25, 0.3) is 5.91 Å². The minimum atomic E-state index is -0.484. The number of ketones is 1. The number of nitrogens with two attached hydrogens (primary N) is 1. The first-order chi connectivity index (χ1) is 7.54. The van der Waals surface area contributed by atoms with Crippen LogP contribution in [0.15, 0.2) is 18.3 Å². The summed E-state index contributed by atoms with van der Waals surface area (Å²) in [5.41, 5.74) is 6.52. The number of aromatic nitrogens is 1. The van der Waals surface area contributed by atoms with E-state index in [4.69, 9.17) is 5.73 Å². The Bertz CT molecular complexity index is 404. The van der Waals surface area contributed by atoms with Crippen LogP contribution in [0.5, 0.6) is 0 Å². The third-order valence-electron chi connectivity index (χ3n) is 2.25. The zero-order valence-corrected chi connectivity index (χ0v) is 9.36. The molecule has 0 saturated heterocycles. The fourth-order valence-electron chi connectivity index (χ4n) is 1.11. The van der Waals surface area contributed by atoms with Crippen LogP contribution >= 0.6 is 0 Å². The van der Waals surface area contributed by atoms with Crippen LogP contribution < -0.4 is 11.1 Å². The highest BCUT2D eigenvalue weighted by Crippen LogP contribution is 2.01. The molecule has 0 aliphatic rings. The predicted molar refractivity (Wildman–Crippen MR) is 59.7 cm³/mol. The molecule has 0 aliphatic carbocycles. The molecule has 1 aromatic heterocycles. The van der Waals surface area contributed by atoms with E-state index in [1.165, 1.54) is 13.1 Å². The molecule has 5 nitrogen and oxygen atoms in total. The minimum absolute atomic E-state index is 0.0820. The Kier molecular flexibility index (Phi) is 4.13. The normalized spacial score (nSPS) is 11.9. The second-order valence-electron chi connectivity index (χ2n) is 3.55. The molecule has 3 N–H and O–H groups in total. The zero-order chi connectivity index (χ0) is 12.1. The molecule has 0 aliphatic heterocycles. The summed E-state index contributed by atoms with van der Waals surface area (Å²) in [6.45, 7) is 3.36. The molecule has 0 fully saturated rings. The minimum Gasteiger partial charge on any atom is -0.343 e. The molecule has 1 atom stereocenters. The van der Waals surface area contributed by atoms with Gasteiger partial charge in [-0.15, -0.1) is 0 Å². The van der Waals surface area contributed by atoms with Crippen LogP contribution in [0.2, 0.25) is 0 Å². The van der Waals surface area contributed by atoms with Crippen LogP contribution in [-0.2, 0) is 11.3 Å². The number of hydrogen-bond acceptors (Lipinski definition) is 4. The Morgan fingerprint density at radius 2 is 2.25 bits per heavy atom. The molecule has 16 heavy (non-hydrogen) atoms. The van der Waals surface area contributed by atoms with Crippen LogP contribution in [0.1, 0.15) is 29.9 Å². The molecule has 1 rings (SSSR count). The molecule has 0 aromatic carbocycles. The summed E-state index contributed by atoms with van der Waals surface area (Å²) in [6.07, 6.45) is 1.52. The number of Topliss-reactive ketones (excluding diaryl/α,β-unsaturated/α-hetero) is 1. The monoisotopic (exact) mass is 221 g/mol. The number of nitrogens with zero attached hydrogens (tertiary/aromatic N) is 1. The van der Waals surface area contributed by atoms with Crippen molar-refractivity contribution in [1.29, 1.82) is 0 Å². The van der Waals surface area contributed by atoms with E-state index in [9.17, 15) is 9.59 Å². The predicted octanol–water partition coefficient (Wildman–Crippen LogP) is 0.248. The summed E-state index contributed by atoms with van der Waals surface area (Å²) in [4.78, 5) is 26.7. The molecule has 1 heterocycles. The summed E-state index contributed by atoms with van der Waals surface area (Å²) >= 11 is 0. The Labute approximate surface area is 94.1 Å². The molecule has 1 aromatic rings. The Morgan fingerprint density at radius 1 is 1.56 bits per heavy atom. The maximum absolute atomic E-state index is 11.7. The Balaban J connectivity index is 2.76. The van der Waals surface area contributed by atoms with Crippen molar-refractivity contribution in [2.45, 2.75) is 26.4 Å². The number of hydrogen-bond donors (Lipinski definition) is 2. The number of amides is 1. The quantitative estimate of drug-likeness (QED) is 0.763. The van der Waals surface area contributed by atoms with Crippen LogP contribution in [0.4, 0.5) is 0 Å². The van der Waals surface area contributed by atoms with E-state index in [2.05, 4.69) is 10.3 Å². The lowest BCUT2D eigenvalue weighted by molar-refractivity contribution is -0.118. The summed E-state index contributed by atoms with van der Waals surface area (Å²) in [5, 5.41) is 2.59. The van der Waals surface area contributed by atoms with Gasteiger partial charge in [-0.05, 0) is 26.0 Å². The summed E-state index contributed by atoms with van der Waals surface area (Å²) in [5.74, 6) is -0.374. The zero-order valence-electron chi connectivity index (χ0n) is 9.36. The second-order valence-corrected chi connectivity index (χ2v) is 3.55. The third-order valence-corrected chi connectivity index (χ3v) is 2.25. The van der Waals surface area contributed by atoms with Gasteiger partial charge < -0.3 is 11.1 Å². The maximum atomic E-state index is 11.7. The van der Waals surface area contributed by atoms with Gasteiger partial charge in [0.1, 0.15) is 0 Å². The van der Waals surface area contributed by atoms with Gasteiger partial charge in [-0.3, -0.25) is 14.6 Å². The molecule has 0 spiro atoms. The molecule has 0 radical (unpaired) electrons. The first-order valence-electron chi connectivity index (χ1n) is 5.01. The molecular formula is C11H15N3O2. The van der Waals surface area contributed by atoms with Gasteiger partial charge in [0, 0.05) is 18.3 Å². The molecule has 5 heteroatoms. The largest absolute Gasteiger partial charge is 0.343 e. The number of carbonyl (C=O) groups is 2. The number of nitrogens with one attached hydrogen (secondary N) is 1. The van der Waals surface area contributed by atoms with Crippen molar-refractivity contribution in [2.24, 2.45) is 5.73 Å². The van der Waals surface area contributed by atoms with Gasteiger partial charge in [-0.25, -0.2) is 0 Å². The lowest BCUT2D eigenvalue weighted by atomic mass is 10.2. The van der Waals surface area contributed by atoms with E-state index in [0.29, 0.717) is 11.3 Å². The van der Waals surface area contributed by atoms with Crippen LogP contribution in [0, 0.1) is 0 Å². The molecule has 1 unspecified atom stereocenters. The van der Waals surface area contributed by atoms with Crippen LogP contribution in [-0.4, -0.2) is 22.7 Å². The van der Waals surface area contributed by atoms with E-state index in [1.54, 1.807) is 19.1 Å². The van der Waals surface area contributed by atoms with Gasteiger partial charge in [-0.1, -0.05) is 0 Å². The lowest BCUT2D eigenvalue weighted by Crippen LogP contribution is -2.37. The highest BCUT2D eigenvalue weighted by Gasteiger charge is 2.13. The van der Waals surface area contributed by atoms with E-state index in [1.807, 2.05) is 0 Å². The summed E-state index contributed by atoms with van der Waals surface area (Å²) < 4.78 is 0. The molecule has 0 saturated carbocycles. The highest BCUT2D eigenvalue weighted by molar-refractivity contribution is 5.97. The smallest absolute Gasteiger partial charge is 0.251 e. The first-order valence-corrected chi connectivity index (χ1v) is 5.01. The van der Waals surface area contributed by atoms with Crippen LogP contribution in [0.3, 0.4) is 0 Å². The van der Waals surface area contributed by atoms with Gasteiger partial charge in [-0.2, -0.15) is 0 Å². The molecule has 0 bridgehead atoms. The number of pyridine rings is 1. The molecular weight excluding hydrogens is 206 g/mol. The SMILES string of the molecule is CC(=O)C(C)NC(=O)c1ccnc(CN)c1. The summed E-state index contributed by atoms with van der Waals surface area (Å²) in [6, 6.07) is 2.71. The van der Waals surface area contributed by atoms with Gasteiger partial charge in [0.15, 0.2) is 5.78 Å². The Hall–Kier alpha value is -1.75. The van der Waals surface area contributed by atoms with Gasteiger partial charge >= 0.3 is 0 Å². The molecule has 86 valence electrons. The topological polar surface area (TPSA) is 85.1 Å². The fourth-order valence-corrected chi connectivity index (χ4v) is 1.11. The second kappa shape index (κ2) is 5.37. The van der Waals surface area contributed by atoms with E-state index in [0.717, 1.165) is 0 Å². The van der Waals surface area contributed by atoms with Crippen LogP contribution in [0.25, 0.3) is 0 Å². The average Bonchev–Trinajstić information content (AvgIpc) is 2.28. The molecule has 1 amide bonds. The maximum Gasteiger partial charge on any atom is 0.251 e. The van der Waals surface area contributed by atoms with E-state index < -0.39 is 6.04 Å². The van der Waals surface area contributed by atoms with Crippen molar-refractivity contribution < 1.29 is 9.59 Å². The van der Waals surface area contributed by atoms with Crippen molar-refractivity contribution in [3.05, 3.63) is 29.6 Å². The van der Waals surface area contributed by atoms with Crippen molar-refractivity contribution in [1.82, 2.24) is 10.3 Å². The van der Waals surface area contributed by atoms with Crippen molar-refractivity contribution in [2.75, 3.05) is 0 Å². The van der Waals surface area contributed by atoms with Gasteiger partial charge in [0.2, 0.25) is 0 Å². The first kappa shape index (κ1) is 12.3. The third kappa shape index (κ3) is 3.13. The lowest BCUT2D eigenvalue weighted by Gasteiger charge is -2.10. The van der Waals surface area contributed by atoms with Crippen molar-refractivity contribution >= 4 is 11.7 Å².